The summed E-state index contributed by atoms with van der Waals surface area (Å²) in [5.74, 6) is 1.30. The molecule has 1 aromatic rings. The molecule has 1 aliphatic rings. The Bertz CT molecular complexity index is 372. The van der Waals surface area contributed by atoms with Crippen molar-refractivity contribution in [1.82, 2.24) is 4.90 Å². The Morgan fingerprint density at radius 1 is 1.62 bits per heavy atom. The van der Waals surface area contributed by atoms with Gasteiger partial charge in [0.25, 0.3) is 5.91 Å². The van der Waals surface area contributed by atoms with Gasteiger partial charge in [0.1, 0.15) is 5.76 Å². The van der Waals surface area contributed by atoms with E-state index >= 15 is 0 Å². The minimum Gasteiger partial charge on any atom is -0.456 e. The average Bonchev–Trinajstić information content (AvgIpc) is 2.75. The molecule has 1 N–H and O–H groups in total. The highest BCUT2D eigenvalue weighted by atomic mass is 16.3. The van der Waals surface area contributed by atoms with Gasteiger partial charge in [0.05, 0.1) is 0 Å². The second kappa shape index (κ2) is 4.70. The van der Waals surface area contributed by atoms with Crippen molar-refractivity contribution in [3.05, 3.63) is 23.7 Å². The molecule has 1 saturated heterocycles. The van der Waals surface area contributed by atoms with Crippen molar-refractivity contribution in [2.24, 2.45) is 5.92 Å². The van der Waals surface area contributed by atoms with E-state index in [1.54, 1.807) is 17.0 Å². The number of aliphatic hydroxyl groups is 1. The summed E-state index contributed by atoms with van der Waals surface area (Å²) >= 11 is 0. The molecule has 2 heterocycles. The lowest BCUT2D eigenvalue weighted by Crippen LogP contribution is -2.40. The Morgan fingerprint density at radius 2 is 2.44 bits per heavy atom. The number of piperidine rings is 1. The molecular formula is C12H17NO3. The molecule has 0 radical (unpaired) electrons. The maximum Gasteiger partial charge on any atom is 0.289 e. The first kappa shape index (κ1) is 11.2. The number of rotatable bonds is 2. The summed E-state index contributed by atoms with van der Waals surface area (Å²) in [6.07, 6.45) is 1.95. The summed E-state index contributed by atoms with van der Waals surface area (Å²) < 4.78 is 5.31. The number of amides is 1. The smallest absolute Gasteiger partial charge is 0.289 e. The fraction of sp³-hybridized carbons (Fsp3) is 0.583. The van der Waals surface area contributed by atoms with Crippen LogP contribution in [0, 0.1) is 12.8 Å². The van der Waals surface area contributed by atoms with Gasteiger partial charge in [-0.2, -0.15) is 0 Å². The first-order chi connectivity index (χ1) is 7.70. The van der Waals surface area contributed by atoms with Crippen molar-refractivity contribution in [1.29, 1.82) is 0 Å². The Morgan fingerprint density at radius 3 is 3.06 bits per heavy atom. The van der Waals surface area contributed by atoms with Gasteiger partial charge >= 0.3 is 0 Å². The lowest BCUT2D eigenvalue weighted by atomic mass is 9.99. The van der Waals surface area contributed by atoms with Crippen LogP contribution < -0.4 is 0 Å². The highest BCUT2D eigenvalue weighted by Gasteiger charge is 2.25. The van der Waals surface area contributed by atoms with E-state index in [0.717, 1.165) is 25.1 Å². The third kappa shape index (κ3) is 2.27. The highest BCUT2D eigenvalue weighted by molar-refractivity contribution is 5.91. The van der Waals surface area contributed by atoms with Gasteiger partial charge in [-0.05, 0) is 37.8 Å². The van der Waals surface area contributed by atoms with Crippen LogP contribution >= 0.6 is 0 Å². The first-order valence-electron chi connectivity index (χ1n) is 5.67. The predicted octanol–water partition coefficient (Wildman–Crippen LogP) is 1.43. The van der Waals surface area contributed by atoms with Crippen LogP contribution in [0.4, 0.5) is 0 Å². The summed E-state index contributed by atoms with van der Waals surface area (Å²) in [5, 5.41) is 9.10. The van der Waals surface area contributed by atoms with E-state index in [9.17, 15) is 4.79 Å². The normalized spacial score (nSPS) is 21.1. The Labute approximate surface area is 94.9 Å². The van der Waals surface area contributed by atoms with Crippen molar-refractivity contribution >= 4 is 5.91 Å². The summed E-state index contributed by atoms with van der Waals surface area (Å²) in [6, 6.07) is 3.50. The van der Waals surface area contributed by atoms with Crippen LogP contribution in [-0.4, -0.2) is 35.6 Å². The zero-order valence-electron chi connectivity index (χ0n) is 9.48. The number of carbonyl (C=O) groups excluding carboxylic acids is 1. The zero-order chi connectivity index (χ0) is 11.5. The predicted molar refractivity (Wildman–Crippen MR) is 59.2 cm³/mol. The quantitative estimate of drug-likeness (QED) is 0.825. The Hall–Kier alpha value is -1.29. The topological polar surface area (TPSA) is 53.7 Å². The third-order valence-electron chi connectivity index (χ3n) is 3.02. The molecule has 16 heavy (non-hydrogen) atoms. The molecule has 0 bridgehead atoms. The third-order valence-corrected chi connectivity index (χ3v) is 3.02. The van der Waals surface area contributed by atoms with E-state index < -0.39 is 0 Å². The number of aliphatic hydroxyl groups excluding tert-OH is 1. The summed E-state index contributed by atoms with van der Waals surface area (Å²) in [7, 11) is 0. The molecular weight excluding hydrogens is 206 g/mol. The van der Waals surface area contributed by atoms with E-state index in [1.165, 1.54) is 0 Å². The highest BCUT2D eigenvalue weighted by Crippen LogP contribution is 2.18. The van der Waals surface area contributed by atoms with Gasteiger partial charge in [0.15, 0.2) is 5.76 Å². The molecule has 1 fully saturated rings. The Kier molecular flexibility index (Phi) is 3.29. The van der Waals surface area contributed by atoms with Crippen LogP contribution in [0.15, 0.2) is 16.5 Å². The number of hydrogen-bond donors (Lipinski definition) is 1. The van der Waals surface area contributed by atoms with Crippen LogP contribution in [0.1, 0.15) is 29.2 Å². The van der Waals surface area contributed by atoms with Gasteiger partial charge < -0.3 is 14.4 Å². The first-order valence-corrected chi connectivity index (χ1v) is 5.67. The van der Waals surface area contributed by atoms with Crippen molar-refractivity contribution in [2.75, 3.05) is 19.7 Å². The van der Waals surface area contributed by atoms with Crippen LogP contribution in [0.5, 0.6) is 0 Å². The second-order valence-electron chi connectivity index (χ2n) is 4.35. The van der Waals surface area contributed by atoms with Gasteiger partial charge in [0.2, 0.25) is 0 Å². The molecule has 0 saturated carbocycles. The molecule has 88 valence electrons. The SMILES string of the molecule is Cc1ccc(C(=O)N2CCC[C@H](CO)C2)o1. The van der Waals surface area contributed by atoms with Crippen LogP contribution in [0.25, 0.3) is 0 Å². The molecule has 1 aromatic heterocycles. The van der Waals surface area contributed by atoms with E-state index in [4.69, 9.17) is 9.52 Å². The van der Waals surface area contributed by atoms with Crippen molar-refractivity contribution in [3.63, 3.8) is 0 Å². The van der Waals surface area contributed by atoms with Gasteiger partial charge in [0, 0.05) is 19.7 Å². The van der Waals surface area contributed by atoms with Gasteiger partial charge in [-0.15, -0.1) is 0 Å². The van der Waals surface area contributed by atoms with Crippen molar-refractivity contribution in [2.45, 2.75) is 19.8 Å². The fourth-order valence-electron chi connectivity index (χ4n) is 2.10. The molecule has 0 aliphatic carbocycles. The minimum atomic E-state index is -0.0637. The lowest BCUT2D eigenvalue weighted by Gasteiger charge is -2.31. The maximum atomic E-state index is 12.0. The van der Waals surface area contributed by atoms with E-state index in [2.05, 4.69) is 0 Å². The number of carbonyl (C=O) groups is 1. The molecule has 0 aromatic carbocycles. The van der Waals surface area contributed by atoms with Crippen LogP contribution in [0.2, 0.25) is 0 Å². The molecule has 0 unspecified atom stereocenters. The van der Waals surface area contributed by atoms with Gasteiger partial charge in [-0.1, -0.05) is 0 Å². The van der Waals surface area contributed by atoms with Crippen LogP contribution in [-0.2, 0) is 0 Å². The number of hydrogen-bond acceptors (Lipinski definition) is 3. The number of likely N-dealkylation sites (tertiary alicyclic amines) is 1. The van der Waals surface area contributed by atoms with E-state index in [-0.39, 0.29) is 18.4 Å². The molecule has 4 nitrogen and oxygen atoms in total. The standard InChI is InChI=1S/C12H17NO3/c1-9-4-5-11(16-9)12(15)13-6-2-3-10(7-13)8-14/h4-5,10,14H,2-3,6-8H2,1H3/t10-/m0/s1. The number of nitrogens with zero attached hydrogens (tertiary/aromatic N) is 1. The summed E-state index contributed by atoms with van der Waals surface area (Å²) in [6.45, 7) is 3.37. The van der Waals surface area contributed by atoms with E-state index in [1.807, 2.05) is 6.92 Å². The number of aryl methyl sites for hydroxylation is 1. The largest absolute Gasteiger partial charge is 0.456 e. The van der Waals surface area contributed by atoms with Gasteiger partial charge in [-0.3, -0.25) is 4.79 Å². The zero-order valence-corrected chi connectivity index (χ0v) is 9.48. The lowest BCUT2D eigenvalue weighted by molar-refractivity contribution is 0.0589. The number of furan rings is 1. The Balaban J connectivity index is 2.04. The molecule has 1 aliphatic heterocycles. The molecule has 4 heteroatoms. The molecule has 2 rings (SSSR count). The van der Waals surface area contributed by atoms with Crippen molar-refractivity contribution in [3.8, 4) is 0 Å². The maximum absolute atomic E-state index is 12.0. The monoisotopic (exact) mass is 223 g/mol. The van der Waals surface area contributed by atoms with Gasteiger partial charge in [-0.25, -0.2) is 0 Å². The fourth-order valence-corrected chi connectivity index (χ4v) is 2.10. The average molecular weight is 223 g/mol. The molecule has 0 spiro atoms. The second-order valence-corrected chi connectivity index (χ2v) is 4.35. The molecule has 1 amide bonds. The van der Waals surface area contributed by atoms with Crippen molar-refractivity contribution < 1.29 is 14.3 Å². The van der Waals surface area contributed by atoms with E-state index in [0.29, 0.717) is 12.3 Å². The molecule has 1 atom stereocenters. The minimum absolute atomic E-state index is 0.0637. The summed E-state index contributed by atoms with van der Waals surface area (Å²) in [4.78, 5) is 13.8. The van der Waals surface area contributed by atoms with Crippen LogP contribution in [0.3, 0.4) is 0 Å². The summed E-state index contributed by atoms with van der Waals surface area (Å²) in [5.41, 5.74) is 0.